The van der Waals surface area contributed by atoms with Crippen molar-refractivity contribution in [1.29, 1.82) is 5.26 Å². The minimum Gasteiger partial charge on any atom is -0.465 e. The zero-order chi connectivity index (χ0) is 18.9. The molecule has 0 radical (unpaired) electrons. The van der Waals surface area contributed by atoms with Crippen LogP contribution in [0.1, 0.15) is 43.3 Å². The van der Waals surface area contributed by atoms with Crippen LogP contribution in [0.25, 0.3) is 0 Å². The van der Waals surface area contributed by atoms with Gasteiger partial charge in [-0.05, 0) is 40.9 Å². The van der Waals surface area contributed by atoms with Gasteiger partial charge in [0, 0.05) is 25.6 Å². The molecule has 1 atom stereocenters. The van der Waals surface area contributed by atoms with Crippen molar-refractivity contribution in [2.24, 2.45) is 0 Å². The number of anilines is 1. The Balaban J connectivity index is 1.96. The van der Waals surface area contributed by atoms with Gasteiger partial charge in [-0.25, -0.2) is 9.78 Å². The minimum absolute atomic E-state index is 0.0679. The number of nitriles is 1. The number of thiophene rings is 1. The molecule has 0 saturated heterocycles. The van der Waals surface area contributed by atoms with E-state index >= 15 is 0 Å². The number of rotatable bonds is 5. The lowest BCUT2D eigenvalue weighted by molar-refractivity contribution is 0.154. The predicted octanol–water partition coefficient (Wildman–Crippen LogP) is 3.85. The average Bonchev–Trinajstić information content (AvgIpc) is 3.22. The largest absolute Gasteiger partial charge is 0.465 e. The Morgan fingerprint density at radius 2 is 2.27 bits per heavy atom. The van der Waals surface area contributed by atoms with E-state index in [0.717, 1.165) is 17.9 Å². The number of hydrogen-bond donors (Lipinski definition) is 1. The maximum absolute atomic E-state index is 11.2. The van der Waals surface area contributed by atoms with Gasteiger partial charge in [-0.1, -0.05) is 13.8 Å². The van der Waals surface area contributed by atoms with Gasteiger partial charge >= 0.3 is 6.09 Å². The Bertz CT molecular complexity index is 842. The number of aromatic nitrogens is 1. The van der Waals surface area contributed by atoms with Crippen LogP contribution in [-0.4, -0.2) is 41.2 Å². The molecule has 26 heavy (non-hydrogen) atoms. The molecule has 0 fully saturated rings. The molecule has 2 aromatic heterocycles. The van der Waals surface area contributed by atoms with Crippen LogP contribution in [0.15, 0.2) is 29.0 Å². The van der Waals surface area contributed by atoms with Crippen LogP contribution in [0.2, 0.25) is 0 Å². The Hall–Kier alpha value is -2.59. The molecule has 0 saturated carbocycles. The number of amides is 1. The second-order valence-electron chi connectivity index (χ2n) is 7.25. The van der Waals surface area contributed by atoms with Crippen LogP contribution in [-0.2, 0) is 5.41 Å². The second kappa shape index (κ2) is 6.96. The highest BCUT2D eigenvalue weighted by molar-refractivity contribution is 7.08. The summed E-state index contributed by atoms with van der Waals surface area (Å²) in [5.41, 5.74) is 3.40. The molecule has 1 N–H and O–H groups in total. The van der Waals surface area contributed by atoms with Crippen molar-refractivity contribution in [3.63, 3.8) is 0 Å². The third-order valence-corrected chi connectivity index (χ3v) is 5.57. The average molecular weight is 370 g/mol. The van der Waals surface area contributed by atoms with E-state index in [2.05, 4.69) is 41.2 Å². The highest BCUT2D eigenvalue weighted by Crippen LogP contribution is 2.44. The third-order valence-electron chi connectivity index (χ3n) is 4.87. The van der Waals surface area contributed by atoms with Crippen LogP contribution in [0.3, 0.4) is 0 Å². The maximum Gasteiger partial charge on any atom is 0.407 e. The number of carboxylic acid groups (broad SMARTS) is 1. The van der Waals surface area contributed by atoms with Crippen molar-refractivity contribution in [2.45, 2.75) is 31.7 Å². The highest BCUT2D eigenvalue weighted by atomic mass is 32.1. The van der Waals surface area contributed by atoms with Crippen LogP contribution >= 0.6 is 11.3 Å². The van der Waals surface area contributed by atoms with Gasteiger partial charge in [0.1, 0.15) is 11.8 Å². The van der Waals surface area contributed by atoms with E-state index in [4.69, 9.17) is 5.11 Å². The standard InChI is InChI=1S/C19H22N4O2S/c1-19(2)12-23(16-5-4-14(10-20)21-17(16)19)15(13-7-9-26-11-13)6-8-22(3)18(24)25/h4-5,7,9,11,15H,6,8,12H2,1-3H3,(H,24,25). The van der Waals surface area contributed by atoms with Gasteiger partial charge < -0.3 is 14.9 Å². The fourth-order valence-electron chi connectivity index (χ4n) is 3.49. The Labute approximate surface area is 157 Å². The molecule has 1 amide bonds. The number of hydrogen-bond acceptors (Lipinski definition) is 5. The van der Waals surface area contributed by atoms with Crippen molar-refractivity contribution in [1.82, 2.24) is 9.88 Å². The SMILES string of the molecule is CN(CCC(c1ccsc1)N1CC(C)(C)c2nc(C#N)ccc21)C(=O)O. The zero-order valence-electron chi connectivity index (χ0n) is 15.1. The summed E-state index contributed by atoms with van der Waals surface area (Å²) >= 11 is 1.64. The molecule has 0 spiro atoms. The summed E-state index contributed by atoms with van der Waals surface area (Å²) in [6.45, 7) is 5.50. The number of nitrogens with zero attached hydrogens (tertiary/aromatic N) is 4. The molecular formula is C19H22N4O2S. The van der Waals surface area contributed by atoms with Gasteiger partial charge in [0.15, 0.2) is 0 Å². The Morgan fingerprint density at radius 3 is 2.88 bits per heavy atom. The molecule has 0 aromatic carbocycles. The lowest BCUT2D eigenvalue weighted by Gasteiger charge is -2.32. The monoisotopic (exact) mass is 370 g/mol. The predicted molar refractivity (Wildman–Crippen MR) is 102 cm³/mol. The first-order chi connectivity index (χ1) is 12.3. The van der Waals surface area contributed by atoms with Gasteiger partial charge in [0.2, 0.25) is 0 Å². The van der Waals surface area contributed by atoms with Gasteiger partial charge in [0.05, 0.1) is 17.4 Å². The molecule has 1 aliphatic heterocycles. The molecule has 2 aromatic rings. The fourth-order valence-corrected chi connectivity index (χ4v) is 4.19. The normalized spacial score (nSPS) is 16.0. The molecule has 136 valence electrons. The summed E-state index contributed by atoms with van der Waals surface area (Å²) in [4.78, 5) is 19.3. The quantitative estimate of drug-likeness (QED) is 0.864. The third kappa shape index (κ3) is 3.37. The van der Waals surface area contributed by atoms with Crippen molar-refractivity contribution in [3.8, 4) is 6.07 Å². The molecule has 1 aliphatic rings. The number of fused-ring (bicyclic) bond motifs is 1. The second-order valence-corrected chi connectivity index (χ2v) is 8.03. The summed E-state index contributed by atoms with van der Waals surface area (Å²) in [6.07, 6.45) is -0.230. The topological polar surface area (TPSA) is 80.5 Å². The summed E-state index contributed by atoms with van der Waals surface area (Å²) in [5, 5.41) is 22.5. The lowest BCUT2D eigenvalue weighted by Crippen LogP contribution is -2.35. The van der Waals surface area contributed by atoms with Gasteiger partial charge in [-0.2, -0.15) is 16.6 Å². The lowest BCUT2D eigenvalue weighted by atomic mass is 9.91. The smallest absolute Gasteiger partial charge is 0.407 e. The molecule has 0 bridgehead atoms. The first-order valence-electron chi connectivity index (χ1n) is 8.48. The summed E-state index contributed by atoms with van der Waals surface area (Å²) in [7, 11) is 1.59. The van der Waals surface area contributed by atoms with E-state index in [1.165, 1.54) is 10.5 Å². The van der Waals surface area contributed by atoms with Crippen molar-refractivity contribution < 1.29 is 9.90 Å². The molecule has 0 aliphatic carbocycles. The first kappa shape index (κ1) is 18.2. The van der Waals surface area contributed by atoms with Crippen molar-refractivity contribution in [3.05, 3.63) is 45.9 Å². The van der Waals surface area contributed by atoms with E-state index < -0.39 is 6.09 Å². The van der Waals surface area contributed by atoms with Crippen molar-refractivity contribution >= 4 is 23.1 Å². The molecule has 7 heteroatoms. The van der Waals surface area contributed by atoms with Crippen molar-refractivity contribution in [2.75, 3.05) is 25.0 Å². The van der Waals surface area contributed by atoms with E-state index in [9.17, 15) is 10.1 Å². The van der Waals surface area contributed by atoms with E-state index in [1.54, 1.807) is 24.5 Å². The van der Waals surface area contributed by atoms with Crippen LogP contribution in [0.4, 0.5) is 10.5 Å². The Kier molecular flexibility index (Phi) is 4.88. The molecule has 3 rings (SSSR count). The van der Waals surface area contributed by atoms with Crippen LogP contribution in [0, 0.1) is 11.3 Å². The van der Waals surface area contributed by atoms with Gasteiger partial charge in [-0.15, -0.1) is 0 Å². The summed E-state index contributed by atoms with van der Waals surface area (Å²) < 4.78 is 0. The summed E-state index contributed by atoms with van der Waals surface area (Å²) in [5.74, 6) is 0. The highest BCUT2D eigenvalue weighted by Gasteiger charge is 2.40. The van der Waals surface area contributed by atoms with Crippen LogP contribution in [0.5, 0.6) is 0 Å². The fraction of sp³-hybridized carbons (Fsp3) is 0.421. The minimum atomic E-state index is -0.920. The van der Waals surface area contributed by atoms with E-state index in [-0.39, 0.29) is 11.5 Å². The van der Waals surface area contributed by atoms with E-state index in [0.29, 0.717) is 18.7 Å². The van der Waals surface area contributed by atoms with E-state index in [1.807, 2.05) is 11.4 Å². The number of pyridine rings is 1. The maximum atomic E-state index is 11.2. The molecule has 1 unspecified atom stereocenters. The molecule has 6 nitrogen and oxygen atoms in total. The van der Waals surface area contributed by atoms with Gasteiger partial charge in [-0.3, -0.25) is 0 Å². The Morgan fingerprint density at radius 1 is 1.50 bits per heavy atom. The molecule has 3 heterocycles. The zero-order valence-corrected chi connectivity index (χ0v) is 16.0. The summed E-state index contributed by atoms with van der Waals surface area (Å²) in [6, 6.07) is 8.00. The number of carbonyl (C=O) groups is 1. The van der Waals surface area contributed by atoms with Gasteiger partial charge in [0.25, 0.3) is 0 Å². The molecular weight excluding hydrogens is 348 g/mol. The van der Waals surface area contributed by atoms with Crippen LogP contribution < -0.4 is 4.90 Å². The first-order valence-corrected chi connectivity index (χ1v) is 9.42.